The molecule has 2 unspecified atom stereocenters. The molecule has 1 aromatic carbocycles. The van der Waals surface area contributed by atoms with Crippen LogP contribution in [0.15, 0.2) is 42.7 Å². The largest absolute Gasteiger partial charge is 0.380 e. The zero-order valence-electron chi connectivity index (χ0n) is 12.5. The smallest absolute Gasteiger partial charge is 0.0531 e. The van der Waals surface area contributed by atoms with Gasteiger partial charge in [-0.05, 0) is 67.2 Å². The number of aryl methyl sites for hydroxylation is 1. The van der Waals surface area contributed by atoms with Crippen LogP contribution < -0.4 is 5.32 Å². The second-order valence-electron chi connectivity index (χ2n) is 6.70. The predicted molar refractivity (Wildman–Crippen MR) is 86.4 cm³/mol. The van der Waals surface area contributed by atoms with Gasteiger partial charge in [0.25, 0.3) is 0 Å². The number of pyridine rings is 1. The minimum absolute atomic E-state index is 0.598. The molecule has 0 aliphatic heterocycles. The molecule has 1 heterocycles. The van der Waals surface area contributed by atoms with E-state index in [0.717, 1.165) is 11.8 Å². The molecule has 1 saturated carbocycles. The van der Waals surface area contributed by atoms with Crippen molar-refractivity contribution in [1.82, 2.24) is 4.98 Å². The minimum atomic E-state index is 0.598. The summed E-state index contributed by atoms with van der Waals surface area (Å²) in [6.45, 7) is 2.11. The summed E-state index contributed by atoms with van der Waals surface area (Å²) < 4.78 is 0. The molecule has 1 aromatic heterocycles. The van der Waals surface area contributed by atoms with Crippen molar-refractivity contribution in [3.05, 3.63) is 59.4 Å². The Morgan fingerprint density at radius 2 is 1.67 bits per heavy atom. The van der Waals surface area contributed by atoms with Gasteiger partial charge in [0.2, 0.25) is 0 Å². The molecule has 2 bridgehead atoms. The molecule has 2 aliphatic carbocycles. The van der Waals surface area contributed by atoms with Crippen molar-refractivity contribution in [2.45, 2.75) is 38.6 Å². The number of fused-ring (bicyclic) bond motifs is 3. The van der Waals surface area contributed by atoms with E-state index in [0.29, 0.717) is 6.04 Å². The molecule has 4 rings (SSSR count). The summed E-state index contributed by atoms with van der Waals surface area (Å²) in [5.41, 5.74) is 5.55. The molecular formula is C19H22N2. The highest BCUT2D eigenvalue weighted by molar-refractivity contribution is 5.45. The Labute approximate surface area is 126 Å². The van der Waals surface area contributed by atoms with E-state index >= 15 is 0 Å². The lowest BCUT2D eigenvalue weighted by Gasteiger charge is -2.24. The van der Waals surface area contributed by atoms with Crippen LogP contribution in [0.5, 0.6) is 0 Å². The highest BCUT2D eigenvalue weighted by Crippen LogP contribution is 2.41. The summed E-state index contributed by atoms with van der Waals surface area (Å²) >= 11 is 0. The molecule has 2 aliphatic rings. The Morgan fingerprint density at radius 1 is 1.00 bits per heavy atom. The first-order valence-corrected chi connectivity index (χ1v) is 8.04. The molecule has 2 nitrogen and oxygen atoms in total. The summed E-state index contributed by atoms with van der Waals surface area (Å²) in [5.74, 6) is 1.53. The van der Waals surface area contributed by atoms with Gasteiger partial charge in [-0.25, -0.2) is 0 Å². The van der Waals surface area contributed by atoms with E-state index in [1.165, 1.54) is 36.9 Å². The summed E-state index contributed by atoms with van der Waals surface area (Å²) in [7, 11) is 0. The first kappa shape index (κ1) is 12.9. The van der Waals surface area contributed by atoms with Crippen molar-refractivity contribution in [1.29, 1.82) is 0 Å². The Kier molecular flexibility index (Phi) is 3.17. The quantitative estimate of drug-likeness (QED) is 0.898. The predicted octanol–water partition coefficient (Wildman–Crippen LogP) is 4.00. The van der Waals surface area contributed by atoms with Crippen molar-refractivity contribution in [3.8, 4) is 0 Å². The Balaban J connectivity index is 1.60. The van der Waals surface area contributed by atoms with Crippen LogP contribution in [0.4, 0.5) is 5.69 Å². The molecule has 0 amide bonds. The van der Waals surface area contributed by atoms with Crippen molar-refractivity contribution in [2.24, 2.45) is 11.8 Å². The lowest BCUT2D eigenvalue weighted by molar-refractivity contribution is 0.449. The van der Waals surface area contributed by atoms with Crippen LogP contribution in [0.25, 0.3) is 0 Å². The molecule has 2 heteroatoms. The van der Waals surface area contributed by atoms with Gasteiger partial charge in [-0.1, -0.05) is 24.3 Å². The second-order valence-corrected chi connectivity index (χ2v) is 6.70. The van der Waals surface area contributed by atoms with Gasteiger partial charge >= 0.3 is 0 Å². The van der Waals surface area contributed by atoms with Crippen LogP contribution in [0.1, 0.15) is 29.5 Å². The number of aromatic nitrogens is 1. The topological polar surface area (TPSA) is 24.9 Å². The van der Waals surface area contributed by atoms with E-state index in [-0.39, 0.29) is 0 Å². The maximum atomic E-state index is 4.32. The highest BCUT2D eigenvalue weighted by atomic mass is 15.0. The molecule has 2 atom stereocenters. The van der Waals surface area contributed by atoms with Gasteiger partial charge in [-0.2, -0.15) is 0 Å². The molecule has 0 saturated heterocycles. The van der Waals surface area contributed by atoms with Crippen LogP contribution in [0.2, 0.25) is 0 Å². The molecule has 2 aromatic rings. The molecule has 108 valence electrons. The minimum Gasteiger partial charge on any atom is -0.380 e. The van der Waals surface area contributed by atoms with Gasteiger partial charge in [-0.15, -0.1) is 0 Å². The monoisotopic (exact) mass is 278 g/mol. The van der Waals surface area contributed by atoms with Gasteiger partial charge in [0.15, 0.2) is 0 Å². The van der Waals surface area contributed by atoms with Crippen molar-refractivity contribution >= 4 is 5.69 Å². The van der Waals surface area contributed by atoms with Crippen molar-refractivity contribution in [2.75, 3.05) is 5.32 Å². The zero-order valence-corrected chi connectivity index (χ0v) is 12.5. The lowest BCUT2D eigenvalue weighted by Crippen LogP contribution is -2.30. The number of nitrogens with one attached hydrogen (secondary N) is 1. The maximum Gasteiger partial charge on any atom is 0.0531 e. The summed E-state index contributed by atoms with van der Waals surface area (Å²) in [5, 5.41) is 3.80. The zero-order chi connectivity index (χ0) is 14.2. The third-order valence-electron chi connectivity index (χ3n) is 5.21. The van der Waals surface area contributed by atoms with Gasteiger partial charge < -0.3 is 5.32 Å². The number of hydrogen-bond acceptors (Lipinski definition) is 2. The molecule has 21 heavy (non-hydrogen) atoms. The number of anilines is 1. The van der Waals surface area contributed by atoms with Crippen LogP contribution in [-0.4, -0.2) is 11.0 Å². The van der Waals surface area contributed by atoms with Crippen LogP contribution >= 0.6 is 0 Å². The van der Waals surface area contributed by atoms with E-state index in [1.807, 2.05) is 12.4 Å². The van der Waals surface area contributed by atoms with Gasteiger partial charge in [0.1, 0.15) is 0 Å². The van der Waals surface area contributed by atoms with Gasteiger partial charge in [0.05, 0.1) is 5.69 Å². The molecule has 1 fully saturated rings. The van der Waals surface area contributed by atoms with E-state index in [4.69, 9.17) is 0 Å². The number of nitrogens with zero attached hydrogens (tertiary/aromatic N) is 1. The fourth-order valence-electron chi connectivity index (χ4n) is 4.21. The SMILES string of the molecule is Cc1cncc(NC2C3CCC2Cc2ccccc2C3)c1. The Hall–Kier alpha value is -1.83. The average molecular weight is 278 g/mol. The van der Waals surface area contributed by atoms with Crippen LogP contribution in [-0.2, 0) is 12.8 Å². The van der Waals surface area contributed by atoms with Gasteiger partial charge in [-0.3, -0.25) is 4.98 Å². The number of rotatable bonds is 2. The number of hydrogen-bond donors (Lipinski definition) is 1. The molecule has 0 radical (unpaired) electrons. The third-order valence-corrected chi connectivity index (χ3v) is 5.21. The van der Waals surface area contributed by atoms with Gasteiger partial charge in [0, 0.05) is 18.4 Å². The fourth-order valence-corrected chi connectivity index (χ4v) is 4.21. The Bertz CT molecular complexity index is 617. The van der Waals surface area contributed by atoms with Crippen LogP contribution in [0.3, 0.4) is 0 Å². The molecular weight excluding hydrogens is 256 g/mol. The van der Waals surface area contributed by atoms with E-state index < -0.39 is 0 Å². The van der Waals surface area contributed by atoms with Crippen molar-refractivity contribution in [3.63, 3.8) is 0 Å². The van der Waals surface area contributed by atoms with E-state index in [9.17, 15) is 0 Å². The first-order chi connectivity index (χ1) is 10.3. The normalized spacial score (nSPS) is 27.0. The van der Waals surface area contributed by atoms with E-state index in [2.05, 4.69) is 47.6 Å². The second kappa shape index (κ2) is 5.18. The molecule has 1 N–H and O–H groups in total. The summed E-state index contributed by atoms with van der Waals surface area (Å²) in [6.07, 6.45) is 9.05. The lowest BCUT2D eigenvalue weighted by atomic mass is 9.94. The number of benzene rings is 1. The standard InChI is InChI=1S/C19H22N2/c1-13-8-18(12-20-11-13)21-19-16-6-7-17(19)10-15-5-3-2-4-14(15)9-16/h2-5,8,11-12,16-17,19,21H,6-7,9-10H2,1H3. The summed E-state index contributed by atoms with van der Waals surface area (Å²) in [4.78, 5) is 4.32. The highest BCUT2D eigenvalue weighted by Gasteiger charge is 2.38. The van der Waals surface area contributed by atoms with Crippen LogP contribution in [0, 0.1) is 18.8 Å². The molecule has 0 spiro atoms. The van der Waals surface area contributed by atoms with Crippen molar-refractivity contribution < 1.29 is 0 Å². The average Bonchev–Trinajstić information content (AvgIpc) is 2.75. The van der Waals surface area contributed by atoms with E-state index in [1.54, 1.807) is 11.1 Å². The first-order valence-electron chi connectivity index (χ1n) is 8.04. The third kappa shape index (κ3) is 2.44. The summed E-state index contributed by atoms with van der Waals surface area (Å²) in [6, 6.07) is 11.8. The maximum absolute atomic E-state index is 4.32. The Morgan fingerprint density at radius 3 is 2.29 bits per heavy atom. The fraction of sp³-hybridized carbons (Fsp3) is 0.421.